The topological polar surface area (TPSA) is 32.3 Å². The SMILES string of the molecule is O=C(NCCCCN1CCCC1)c1ccccc1. The Kier molecular flexibility index (Phi) is 5.21. The molecule has 0 aromatic heterocycles. The zero-order valence-electron chi connectivity index (χ0n) is 10.9. The zero-order chi connectivity index (χ0) is 12.6. The number of carbonyl (C=O) groups is 1. The maximum Gasteiger partial charge on any atom is 0.251 e. The second-order valence-corrected chi connectivity index (χ2v) is 4.88. The van der Waals surface area contributed by atoms with E-state index in [1.807, 2.05) is 30.3 Å². The van der Waals surface area contributed by atoms with E-state index in [0.29, 0.717) is 0 Å². The van der Waals surface area contributed by atoms with E-state index >= 15 is 0 Å². The first-order chi connectivity index (χ1) is 8.86. The summed E-state index contributed by atoms with van der Waals surface area (Å²) in [5, 5.41) is 2.97. The van der Waals surface area contributed by atoms with E-state index in [1.54, 1.807) is 0 Å². The summed E-state index contributed by atoms with van der Waals surface area (Å²) in [6.45, 7) is 4.48. The standard InChI is InChI=1S/C15H22N2O/c18-15(14-8-2-1-3-9-14)16-10-4-5-11-17-12-6-7-13-17/h1-3,8-9H,4-7,10-13H2,(H,16,18). The highest BCUT2D eigenvalue weighted by atomic mass is 16.1. The second kappa shape index (κ2) is 7.17. The van der Waals surface area contributed by atoms with Crippen molar-refractivity contribution in [2.75, 3.05) is 26.2 Å². The minimum Gasteiger partial charge on any atom is -0.352 e. The van der Waals surface area contributed by atoms with Gasteiger partial charge in [0.25, 0.3) is 5.91 Å². The van der Waals surface area contributed by atoms with E-state index in [9.17, 15) is 4.79 Å². The number of hydrogen-bond donors (Lipinski definition) is 1. The fourth-order valence-electron chi connectivity index (χ4n) is 2.36. The summed E-state index contributed by atoms with van der Waals surface area (Å²) >= 11 is 0. The van der Waals surface area contributed by atoms with E-state index in [1.165, 1.54) is 38.9 Å². The molecule has 0 bridgehead atoms. The van der Waals surface area contributed by atoms with Gasteiger partial charge in [-0.2, -0.15) is 0 Å². The summed E-state index contributed by atoms with van der Waals surface area (Å²) in [6, 6.07) is 9.40. The van der Waals surface area contributed by atoms with Gasteiger partial charge in [0.1, 0.15) is 0 Å². The van der Waals surface area contributed by atoms with Crippen molar-refractivity contribution in [2.24, 2.45) is 0 Å². The van der Waals surface area contributed by atoms with Crippen molar-refractivity contribution in [3.05, 3.63) is 35.9 Å². The Morgan fingerprint density at radius 1 is 1.11 bits per heavy atom. The van der Waals surface area contributed by atoms with E-state index in [-0.39, 0.29) is 5.91 Å². The summed E-state index contributed by atoms with van der Waals surface area (Å²) in [5.41, 5.74) is 0.747. The number of unbranched alkanes of at least 4 members (excludes halogenated alkanes) is 1. The molecule has 3 heteroatoms. The predicted molar refractivity (Wildman–Crippen MR) is 73.7 cm³/mol. The van der Waals surface area contributed by atoms with Gasteiger partial charge in [0, 0.05) is 12.1 Å². The van der Waals surface area contributed by atoms with Crippen LogP contribution in [0.5, 0.6) is 0 Å². The molecular weight excluding hydrogens is 224 g/mol. The Labute approximate surface area is 109 Å². The smallest absolute Gasteiger partial charge is 0.251 e. The third-order valence-electron chi connectivity index (χ3n) is 3.42. The minimum atomic E-state index is 0.0387. The van der Waals surface area contributed by atoms with Crippen LogP contribution in [0.3, 0.4) is 0 Å². The number of carbonyl (C=O) groups excluding carboxylic acids is 1. The lowest BCUT2D eigenvalue weighted by molar-refractivity contribution is 0.0952. The van der Waals surface area contributed by atoms with Gasteiger partial charge in [0.2, 0.25) is 0 Å². The van der Waals surface area contributed by atoms with E-state index in [4.69, 9.17) is 0 Å². The summed E-state index contributed by atoms with van der Waals surface area (Å²) in [7, 11) is 0. The number of benzene rings is 1. The molecule has 0 saturated carbocycles. The molecular formula is C15H22N2O. The van der Waals surface area contributed by atoms with Crippen LogP contribution in [-0.4, -0.2) is 37.0 Å². The quantitative estimate of drug-likeness (QED) is 0.781. The minimum absolute atomic E-state index is 0.0387. The van der Waals surface area contributed by atoms with Crippen LogP contribution >= 0.6 is 0 Å². The molecule has 0 unspecified atom stereocenters. The Morgan fingerprint density at radius 2 is 1.83 bits per heavy atom. The Balaban J connectivity index is 1.56. The van der Waals surface area contributed by atoms with Gasteiger partial charge >= 0.3 is 0 Å². The molecule has 18 heavy (non-hydrogen) atoms. The normalized spacial score (nSPS) is 15.8. The molecule has 1 heterocycles. The van der Waals surface area contributed by atoms with Crippen molar-refractivity contribution in [3.8, 4) is 0 Å². The van der Waals surface area contributed by atoms with Gasteiger partial charge < -0.3 is 10.2 Å². The Bertz CT molecular complexity index is 358. The van der Waals surface area contributed by atoms with Gasteiger partial charge in [-0.25, -0.2) is 0 Å². The van der Waals surface area contributed by atoms with Gasteiger partial charge in [-0.3, -0.25) is 4.79 Å². The number of nitrogens with one attached hydrogen (secondary N) is 1. The molecule has 98 valence electrons. The van der Waals surface area contributed by atoms with Crippen molar-refractivity contribution >= 4 is 5.91 Å². The molecule has 1 fully saturated rings. The average Bonchev–Trinajstić information content (AvgIpc) is 2.92. The number of rotatable bonds is 6. The highest BCUT2D eigenvalue weighted by Gasteiger charge is 2.10. The lowest BCUT2D eigenvalue weighted by Crippen LogP contribution is -2.26. The number of amides is 1. The maximum absolute atomic E-state index is 11.7. The monoisotopic (exact) mass is 246 g/mol. The van der Waals surface area contributed by atoms with Crippen molar-refractivity contribution in [2.45, 2.75) is 25.7 Å². The third kappa shape index (κ3) is 4.15. The molecule has 1 aromatic rings. The van der Waals surface area contributed by atoms with Crippen LogP contribution in [0.2, 0.25) is 0 Å². The molecule has 0 spiro atoms. The molecule has 0 radical (unpaired) electrons. The first-order valence-electron chi connectivity index (χ1n) is 6.92. The van der Waals surface area contributed by atoms with Crippen LogP contribution in [0.4, 0.5) is 0 Å². The molecule has 0 aliphatic carbocycles. The lowest BCUT2D eigenvalue weighted by atomic mass is 10.2. The largest absolute Gasteiger partial charge is 0.352 e. The first-order valence-corrected chi connectivity index (χ1v) is 6.92. The van der Waals surface area contributed by atoms with Crippen LogP contribution in [0, 0.1) is 0 Å². The molecule has 1 N–H and O–H groups in total. The molecule has 0 atom stereocenters. The Morgan fingerprint density at radius 3 is 2.56 bits per heavy atom. The van der Waals surface area contributed by atoms with E-state index in [0.717, 1.165) is 18.5 Å². The lowest BCUT2D eigenvalue weighted by Gasteiger charge is -2.13. The highest BCUT2D eigenvalue weighted by Crippen LogP contribution is 2.08. The fraction of sp³-hybridized carbons (Fsp3) is 0.533. The summed E-state index contributed by atoms with van der Waals surface area (Å²) in [4.78, 5) is 14.3. The van der Waals surface area contributed by atoms with E-state index in [2.05, 4.69) is 10.2 Å². The van der Waals surface area contributed by atoms with Crippen molar-refractivity contribution in [1.29, 1.82) is 0 Å². The molecule has 1 aliphatic rings. The van der Waals surface area contributed by atoms with Gasteiger partial charge in [-0.1, -0.05) is 18.2 Å². The average molecular weight is 246 g/mol. The van der Waals surface area contributed by atoms with Crippen molar-refractivity contribution in [1.82, 2.24) is 10.2 Å². The van der Waals surface area contributed by atoms with Crippen LogP contribution in [-0.2, 0) is 0 Å². The molecule has 2 rings (SSSR count). The van der Waals surface area contributed by atoms with Crippen molar-refractivity contribution < 1.29 is 4.79 Å². The summed E-state index contributed by atoms with van der Waals surface area (Å²) in [5.74, 6) is 0.0387. The Hall–Kier alpha value is -1.35. The predicted octanol–water partition coefficient (Wildman–Crippen LogP) is 2.29. The fourth-order valence-corrected chi connectivity index (χ4v) is 2.36. The maximum atomic E-state index is 11.7. The van der Waals surface area contributed by atoms with Gasteiger partial charge in [0.05, 0.1) is 0 Å². The number of nitrogens with zero attached hydrogens (tertiary/aromatic N) is 1. The van der Waals surface area contributed by atoms with Crippen LogP contribution in [0.1, 0.15) is 36.0 Å². The summed E-state index contributed by atoms with van der Waals surface area (Å²) in [6.07, 6.45) is 4.94. The molecule has 1 amide bonds. The van der Waals surface area contributed by atoms with E-state index < -0.39 is 0 Å². The van der Waals surface area contributed by atoms with Gasteiger partial charge in [-0.15, -0.1) is 0 Å². The third-order valence-corrected chi connectivity index (χ3v) is 3.42. The van der Waals surface area contributed by atoms with Crippen molar-refractivity contribution in [3.63, 3.8) is 0 Å². The molecule has 1 aromatic carbocycles. The number of likely N-dealkylation sites (tertiary alicyclic amines) is 1. The summed E-state index contributed by atoms with van der Waals surface area (Å²) < 4.78 is 0. The van der Waals surface area contributed by atoms with Crippen LogP contribution in [0.25, 0.3) is 0 Å². The molecule has 3 nitrogen and oxygen atoms in total. The van der Waals surface area contributed by atoms with Gasteiger partial charge in [0.15, 0.2) is 0 Å². The first kappa shape index (κ1) is 13.1. The number of hydrogen-bond acceptors (Lipinski definition) is 2. The van der Waals surface area contributed by atoms with Gasteiger partial charge in [-0.05, 0) is 57.5 Å². The zero-order valence-corrected chi connectivity index (χ0v) is 10.9. The molecule has 1 saturated heterocycles. The molecule has 1 aliphatic heterocycles. The highest BCUT2D eigenvalue weighted by molar-refractivity contribution is 5.94. The van der Waals surface area contributed by atoms with Crippen LogP contribution in [0.15, 0.2) is 30.3 Å². The second-order valence-electron chi connectivity index (χ2n) is 4.88. The van der Waals surface area contributed by atoms with Crippen LogP contribution < -0.4 is 5.32 Å².